The van der Waals surface area contributed by atoms with Crippen molar-refractivity contribution < 1.29 is 9.59 Å². The third-order valence-electron chi connectivity index (χ3n) is 4.61. The molecule has 0 bridgehead atoms. The van der Waals surface area contributed by atoms with Crippen LogP contribution in [0.4, 0.5) is 10.5 Å². The first-order chi connectivity index (χ1) is 13.0. The molecule has 0 radical (unpaired) electrons. The molecule has 28 heavy (non-hydrogen) atoms. The van der Waals surface area contributed by atoms with Crippen molar-refractivity contribution in [1.29, 1.82) is 0 Å². The first-order valence-corrected chi connectivity index (χ1v) is 9.98. The summed E-state index contributed by atoms with van der Waals surface area (Å²) in [5.41, 5.74) is 7.94. The molecule has 1 aliphatic heterocycles. The van der Waals surface area contributed by atoms with E-state index in [2.05, 4.69) is 15.6 Å². The second-order valence-electron chi connectivity index (χ2n) is 6.79. The molecule has 152 valence electrons. The van der Waals surface area contributed by atoms with Crippen LogP contribution in [0.15, 0.2) is 29.6 Å². The van der Waals surface area contributed by atoms with E-state index in [0.717, 1.165) is 35.6 Å². The number of hydrogen-bond acceptors (Lipinski definition) is 5. The van der Waals surface area contributed by atoms with Crippen molar-refractivity contribution in [3.05, 3.63) is 45.9 Å². The average Bonchev–Trinajstić information content (AvgIpc) is 3.17. The first kappa shape index (κ1) is 22.1. The van der Waals surface area contributed by atoms with Crippen LogP contribution in [0, 0.1) is 12.8 Å². The number of anilines is 1. The lowest BCUT2D eigenvalue weighted by molar-refractivity contribution is 0.0670. The maximum absolute atomic E-state index is 12.6. The molecule has 2 heterocycles. The molecule has 1 aromatic carbocycles. The largest absolute Gasteiger partial charge is 0.338 e. The van der Waals surface area contributed by atoms with Crippen molar-refractivity contribution >= 4 is 41.4 Å². The summed E-state index contributed by atoms with van der Waals surface area (Å²) in [6.07, 6.45) is 1.91. The Labute approximate surface area is 175 Å². The lowest BCUT2D eigenvalue weighted by atomic mass is 9.98. The Hall–Kier alpha value is -2.16. The standard InChI is InChI=1S/C19H25N5O2S.ClH/c1-13-4-6-15(7-5-13)22-19(26)21-10-14-3-2-8-24(11-14)18(25)16-12-27-17(9-20)23-16;/h4-7,12,14H,2-3,8-11,20H2,1H3,(H2,21,22,26);1H. The van der Waals surface area contributed by atoms with E-state index in [1.165, 1.54) is 11.3 Å². The van der Waals surface area contributed by atoms with Gasteiger partial charge in [-0.15, -0.1) is 23.7 Å². The van der Waals surface area contributed by atoms with E-state index in [1.807, 2.05) is 36.1 Å². The summed E-state index contributed by atoms with van der Waals surface area (Å²) in [6.45, 7) is 4.23. The van der Waals surface area contributed by atoms with Gasteiger partial charge in [-0.3, -0.25) is 4.79 Å². The summed E-state index contributed by atoms with van der Waals surface area (Å²) >= 11 is 1.41. The van der Waals surface area contributed by atoms with E-state index in [4.69, 9.17) is 5.73 Å². The van der Waals surface area contributed by atoms with Gasteiger partial charge in [0, 0.05) is 37.2 Å². The number of nitrogens with two attached hydrogens (primary N) is 1. The number of amides is 3. The molecule has 2 aromatic rings. The lowest BCUT2D eigenvalue weighted by Crippen LogP contribution is -2.44. The molecule has 0 aliphatic carbocycles. The van der Waals surface area contributed by atoms with Crippen molar-refractivity contribution in [2.75, 3.05) is 25.0 Å². The van der Waals surface area contributed by atoms with Crippen molar-refractivity contribution in [1.82, 2.24) is 15.2 Å². The number of nitrogens with one attached hydrogen (secondary N) is 2. The number of carbonyl (C=O) groups is 2. The van der Waals surface area contributed by atoms with E-state index >= 15 is 0 Å². The van der Waals surface area contributed by atoms with Crippen LogP contribution in [0.2, 0.25) is 0 Å². The highest BCUT2D eigenvalue weighted by molar-refractivity contribution is 7.09. The molecule has 1 atom stereocenters. The van der Waals surface area contributed by atoms with Crippen molar-refractivity contribution in [2.45, 2.75) is 26.3 Å². The number of thiazole rings is 1. The minimum absolute atomic E-state index is 0. The molecule has 3 rings (SSSR count). The van der Waals surface area contributed by atoms with Gasteiger partial charge in [-0.1, -0.05) is 17.7 Å². The summed E-state index contributed by atoms with van der Waals surface area (Å²) in [4.78, 5) is 30.8. The topological polar surface area (TPSA) is 100 Å². The molecular weight excluding hydrogens is 398 g/mol. The molecule has 4 N–H and O–H groups in total. The highest BCUT2D eigenvalue weighted by Crippen LogP contribution is 2.19. The zero-order valence-corrected chi connectivity index (χ0v) is 17.4. The van der Waals surface area contributed by atoms with Gasteiger partial charge in [0.25, 0.3) is 5.91 Å². The van der Waals surface area contributed by atoms with Gasteiger partial charge in [0.1, 0.15) is 10.7 Å². The molecule has 3 amide bonds. The van der Waals surface area contributed by atoms with Gasteiger partial charge in [-0.25, -0.2) is 9.78 Å². The van der Waals surface area contributed by atoms with Crippen LogP contribution in [0.5, 0.6) is 0 Å². The maximum Gasteiger partial charge on any atom is 0.319 e. The molecular formula is C19H26ClN5O2S. The van der Waals surface area contributed by atoms with Crippen LogP contribution >= 0.6 is 23.7 Å². The van der Waals surface area contributed by atoms with Crippen LogP contribution in [0.3, 0.4) is 0 Å². The minimum Gasteiger partial charge on any atom is -0.338 e. The number of aromatic nitrogens is 1. The van der Waals surface area contributed by atoms with Crippen molar-refractivity contribution in [2.24, 2.45) is 11.7 Å². The number of piperidine rings is 1. The number of likely N-dealkylation sites (tertiary alicyclic amines) is 1. The number of rotatable bonds is 5. The average molecular weight is 424 g/mol. The summed E-state index contributed by atoms with van der Waals surface area (Å²) in [5, 5.41) is 8.27. The second kappa shape index (κ2) is 10.4. The zero-order valence-electron chi connectivity index (χ0n) is 15.8. The van der Waals surface area contributed by atoms with Crippen LogP contribution < -0.4 is 16.4 Å². The molecule has 1 aromatic heterocycles. The molecule has 1 saturated heterocycles. The molecule has 1 fully saturated rings. The predicted molar refractivity (Wildman–Crippen MR) is 114 cm³/mol. The van der Waals surface area contributed by atoms with E-state index in [9.17, 15) is 9.59 Å². The van der Waals surface area contributed by atoms with E-state index in [-0.39, 0.29) is 30.3 Å². The highest BCUT2D eigenvalue weighted by Gasteiger charge is 2.26. The predicted octanol–water partition coefficient (Wildman–Crippen LogP) is 3.01. The normalized spacial score (nSPS) is 16.2. The van der Waals surface area contributed by atoms with E-state index < -0.39 is 0 Å². The number of aryl methyl sites for hydroxylation is 1. The van der Waals surface area contributed by atoms with Crippen LogP contribution in [0.1, 0.15) is 33.9 Å². The Morgan fingerprint density at radius 1 is 1.32 bits per heavy atom. The van der Waals surface area contributed by atoms with Crippen molar-refractivity contribution in [3.8, 4) is 0 Å². The Morgan fingerprint density at radius 2 is 2.07 bits per heavy atom. The highest BCUT2D eigenvalue weighted by atomic mass is 35.5. The lowest BCUT2D eigenvalue weighted by Gasteiger charge is -2.32. The Morgan fingerprint density at radius 3 is 2.75 bits per heavy atom. The molecule has 1 unspecified atom stereocenters. The third kappa shape index (κ3) is 5.92. The van der Waals surface area contributed by atoms with Crippen LogP contribution in [-0.2, 0) is 6.54 Å². The summed E-state index contributed by atoms with van der Waals surface area (Å²) in [6, 6.07) is 7.43. The smallest absolute Gasteiger partial charge is 0.319 e. The summed E-state index contributed by atoms with van der Waals surface area (Å²) in [7, 11) is 0. The summed E-state index contributed by atoms with van der Waals surface area (Å²) in [5.74, 6) is 0.179. The number of hydrogen-bond donors (Lipinski definition) is 3. The van der Waals surface area contributed by atoms with Gasteiger partial charge in [-0.2, -0.15) is 0 Å². The van der Waals surface area contributed by atoms with Gasteiger partial charge in [0.05, 0.1) is 0 Å². The number of urea groups is 1. The van der Waals surface area contributed by atoms with Crippen LogP contribution in [-0.4, -0.2) is 41.5 Å². The number of benzene rings is 1. The Balaban J connectivity index is 0.00000280. The molecule has 9 heteroatoms. The second-order valence-corrected chi connectivity index (χ2v) is 7.73. The maximum atomic E-state index is 12.6. The Bertz CT molecular complexity index is 796. The Kier molecular flexibility index (Phi) is 8.22. The summed E-state index contributed by atoms with van der Waals surface area (Å²) < 4.78 is 0. The van der Waals surface area contributed by atoms with Gasteiger partial charge in [-0.05, 0) is 37.8 Å². The van der Waals surface area contributed by atoms with E-state index in [0.29, 0.717) is 25.3 Å². The van der Waals surface area contributed by atoms with Gasteiger partial charge >= 0.3 is 6.03 Å². The zero-order chi connectivity index (χ0) is 19.2. The fourth-order valence-electron chi connectivity index (χ4n) is 3.13. The molecule has 7 nitrogen and oxygen atoms in total. The number of carbonyl (C=O) groups excluding carboxylic acids is 2. The SMILES string of the molecule is Cc1ccc(NC(=O)NCC2CCCN(C(=O)c3csc(CN)n3)C2)cc1.Cl. The third-order valence-corrected chi connectivity index (χ3v) is 5.48. The van der Waals surface area contributed by atoms with Crippen molar-refractivity contribution in [3.63, 3.8) is 0 Å². The molecule has 1 aliphatic rings. The monoisotopic (exact) mass is 423 g/mol. The molecule has 0 spiro atoms. The number of halogens is 1. The van der Waals surface area contributed by atoms with Gasteiger partial charge in [0.2, 0.25) is 0 Å². The minimum atomic E-state index is -0.227. The van der Waals surface area contributed by atoms with Gasteiger partial charge in [0.15, 0.2) is 0 Å². The van der Waals surface area contributed by atoms with E-state index in [1.54, 1.807) is 5.38 Å². The molecule has 0 saturated carbocycles. The number of nitrogens with zero attached hydrogens (tertiary/aromatic N) is 2. The first-order valence-electron chi connectivity index (χ1n) is 9.10. The van der Waals surface area contributed by atoms with Crippen LogP contribution in [0.25, 0.3) is 0 Å². The fourth-order valence-corrected chi connectivity index (χ4v) is 3.78. The quantitative estimate of drug-likeness (QED) is 0.688. The van der Waals surface area contributed by atoms with Gasteiger partial charge < -0.3 is 21.3 Å². The fraction of sp³-hybridized carbons (Fsp3) is 0.421.